The summed E-state index contributed by atoms with van der Waals surface area (Å²) in [4.78, 5) is 0. The minimum absolute atomic E-state index is 0.319. The molecule has 3 N–H and O–H groups in total. The molecule has 0 unspecified atom stereocenters. The topological polar surface area (TPSA) is 55.5 Å². The Bertz CT molecular complexity index is 309. The number of aliphatic hydroxyl groups is 1. The Hall–Kier alpha value is -1.16. The molecule has 0 aliphatic rings. The number of hydrogen-bond donors (Lipinski definition) is 2. The number of ether oxygens (including phenoxy) is 1. The highest BCUT2D eigenvalue weighted by Gasteiger charge is 2.02. The van der Waals surface area contributed by atoms with Gasteiger partial charge in [0.05, 0.1) is 19.3 Å². The number of hydrogen-bond acceptors (Lipinski definition) is 3. The third-order valence-corrected chi connectivity index (χ3v) is 2.24. The first-order valence-electron chi connectivity index (χ1n) is 5.42. The summed E-state index contributed by atoms with van der Waals surface area (Å²) in [5.41, 5.74) is 6.77. The smallest absolute Gasteiger partial charge is 0.0721 e. The molecule has 2 atom stereocenters. The summed E-state index contributed by atoms with van der Waals surface area (Å²) in [5, 5.41) is 9.14. The van der Waals surface area contributed by atoms with Crippen LogP contribution in [0.2, 0.25) is 0 Å². The van der Waals surface area contributed by atoms with Crippen LogP contribution >= 0.6 is 0 Å². The van der Waals surface area contributed by atoms with Gasteiger partial charge in [-0.3, -0.25) is 0 Å². The first-order chi connectivity index (χ1) is 7.70. The minimum atomic E-state index is -0.523. The molecule has 0 bridgehead atoms. The van der Waals surface area contributed by atoms with E-state index in [2.05, 4.69) is 0 Å². The number of benzene rings is 1. The fraction of sp³-hybridized carbons (Fsp3) is 0.385. The van der Waals surface area contributed by atoms with Crippen molar-refractivity contribution in [3.05, 3.63) is 48.0 Å². The SMILES string of the molecule is C[C@H](O)[C@@H](N)/C=C/COCc1ccccc1. The Morgan fingerprint density at radius 2 is 2.06 bits per heavy atom. The molecule has 0 radical (unpaired) electrons. The maximum Gasteiger partial charge on any atom is 0.0721 e. The van der Waals surface area contributed by atoms with E-state index in [1.807, 2.05) is 36.4 Å². The second kappa shape index (κ2) is 7.17. The van der Waals surface area contributed by atoms with Crippen molar-refractivity contribution in [1.82, 2.24) is 0 Å². The Morgan fingerprint density at radius 1 is 1.38 bits per heavy atom. The molecular weight excluding hydrogens is 202 g/mol. The molecular formula is C13H19NO2. The zero-order valence-electron chi connectivity index (χ0n) is 9.54. The summed E-state index contributed by atoms with van der Waals surface area (Å²) in [5.74, 6) is 0. The van der Waals surface area contributed by atoms with Crippen LogP contribution in [0.25, 0.3) is 0 Å². The molecule has 1 aromatic carbocycles. The van der Waals surface area contributed by atoms with Crippen molar-refractivity contribution < 1.29 is 9.84 Å². The van der Waals surface area contributed by atoms with Crippen molar-refractivity contribution in [3.63, 3.8) is 0 Å². The van der Waals surface area contributed by atoms with Crippen molar-refractivity contribution in [2.24, 2.45) is 5.73 Å². The number of aliphatic hydroxyl groups excluding tert-OH is 1. The lowest BCUT2D eigenvalue weighted by Crippen LogP contribution is -2.29. The Morgan fingerprint density at radius 3 is 2.69 bits per heavy atom. The molecule has 0 amide bonds. The van der Waals surface area contributed by atoms with Crippen LogP contribution in [-0.4, -0.2) is 23.9 Å². The molecule has 0 aliphatic carbocycles. The monoisotopic (exact) mass is 221 g/mol. The quantitative estimate of drug-likeness (QED) is 0.565. The highest BCUT2D eigenvalue weighted by Crippen LogP contribution is 2.00. The van der Waals surface area contributed by atoms with E-state index in [1.54, 1.807) is 13.0 Å². The lowest BCUT2D eigenvalue weighted by molar-refractivity contribution is 0.147. The van der Waals surface area contributed by atoms with E-state index in [1.165, 1.54) is 0 Å². The van der Waals surface area contributed by atoms with E-state index in [9.17, 15) is 0 Å². The fourth-order valence-corrected chi connectivity index (χ4v) is 1.19. The van der Waals surface area contributed by atoms with E-state index in [-0.39, 0.29) is 6.04 Å². The molecule has 0 aliphatic heterocycles. The molecule has 0 saturated carbocycles. The minimum Gasteiger partial charge on any atom is -0.391 e. The molecule has 1 rings (SSSR count). The average molecular weight is 221 g/mol. The van der Waals surface area contributed by atoms with Crippen LogP contribution in [0.5, 0.6) is 0 Å². The molecule has 0 saturated heterocycles. The number of nitrogens with two attached hydrogens (primary N) is 1. The highest BCUT2D eigenvalue weighted by atomic mass is 16.5. The summed E-state index contributed by atoms with van der Waals surface area (Å²) in [6.07, 6.45) is 3.07. The Kier molecular flexibility index (Phi) is 5.78. The van der Waals surface area contributed by atoms with Crippen LogP contribution < -0.4 is 5.73 Å². The second-order valence-electron chi connectivity index (χ2n) is 3.75. The Balaban J connectivity index is 2.17. The lowest BCUT2D eigenvalue weighted by Gasteiger charge is -2.08. The summed E-state index contributed by atoms with van der Waals surface area (Å²) >= 11 is 0. The molecule has 3 heteroatoms. The summed E-state index contributed by atoms with van der Waals surface area (Å²) in [7, 11) is 0. The van der Waals surface area contributed by atoms with Gasteiger partial charge in [-0.25, -0.2) is 0 Å². The lowest BCUT2D eigenvalue weighted by atomic mass is 10.2. The van der Waals surface area contributed by atoms with E-state index in [4.69, 9.17) is 15.6 Å². The first-order valence-corrected chi connectivity index (χ1v) is 5.42. The Labute approximate surface area is 96.5 Å². The maximum absolute atomic E-state index is 9.14. The van der Waals surface area contributed by atoms with Crippen molar-refractivity contribution >= 4 is 0 Å². The zero-order valence-corrected chi connectivity index (χ0v) is 9.54. The summed E-state index contributed by atoms with van der Waals surface area (Å²) < 4.78 is 5.43. The van der Waals surface area contributed by atoms with E-state index in [0.29, 0.717) is 13.2 Å². The molecule has 1 aromatic rings. The largest absolute Gasteiger partial charge is 0.391 e. The standard InChI is InChI=1S/C13H19NO2/c1-11(15)13(14)8-5-9-16-10-12-6-3-2-4-7-12/h2-8,11,13,15H,9-10,14H2,1H3/b8-5+/t11-,13-/m0/s1. The normalized spacial score (nSPS) is 15.2. The number of rotatable bonds is 6. The van der Waals surface area contributed by atoms with Crippen molar-refractivity contribution in [1.29, 1.82) is 0 Å². The van der Waals surface area contributed by atoms with Gasteiger partial charge >= 0.3 is 0 Å². The van der Waals surface area contributed by atoms with Crippen LogP contribution in [0.1, 0.15) is 12.5 Å². The van der Waals surface area contributed by atoms with Gasteiger partial charge in [0.2, 0.25) is 0 Å². The predicted molar refractivity (Wildman–Crippen MR) is 64.9 cm³/mol. The van der Waals surface area contributed by atoms with Gasteiger partial charge in [0, 0.05) is 6.04 Å². The van der Waals surface area contributed by atoms with Gasteiger partial charge < -0.3 is 15.6 Å². The van der Waals surface area contributed by atoms with E-state index >= 15 is 0 Å². The van der Waals surface area contributed by atoms with Gasteiger partial charge in [-0.05, 0) is 12.5 Å². The van der Waals surface area contributed by atoms with Crippen LogP contribution in [0.4, 0.5) is 0 Å². The van der Waals surface area contributed by atoms with Crippen LogP contribution in [-0.2, 0) is 11.3 Å². The van der Waals surface area contributed by atoms with Gasteiger partial charge in [0.25, 0.3) is 0 Å². The van der Waals surface area contributed by atoms with Gasteiger partial charge in [0.15, 0.2) is 0 Å². The molecule has 0 aromatic heterocycles. The molecule has 16 heavy (non-hydrogen) atoms. The van der Waals surface area contributed by atoms with Crippen molar-refractivity contribution in [3.8, 4) is 0 Å². The fourth-order valence-electron chi connectivity index (χ4n) is 1.19. The third-order valence-electron chi connectivity index (χ3n) is 2.24. The highest BCUT2D eigenvalue weighted by molar-refractivity contribution is 5.13. The van der Waals surface area contributed by atoms with Crippen molar-refractivity contribution in [2.75, 3.05) is 6.61 Å². The second-order valence-corrected chi connectivity index (χ2v) is 3.75. The molecule has 0 heterocycles. The van der Waals surface area contributed by atoms with Crippen LogP contribution in [0, 0.1) is 0 Å². The molecule has 3 nitrogen and oxygen atoms in total. The predicted octanol–water partition coefficient (Wildman–Crippen LogP) is 1.47. The molecule has 88 valence electrons. The van der Waals surface area contributed by atoms with Gasteiger partial charge in [-0.15, -0.1) is 0 Å². The summed E-state index contributed by atoms with van der Waals surface area (Å²) in [6.45, 7) is 2.77. The first kappa shape index (κ1) is 12.9. The van der Waals surface area contributed by atoms with Gasteiger partial charge in [0.1, 0.15) is 0 Å². The van der Waals surface area contributed by atoms with Crippen molar-refractivity contribution in [2.45, 2.75) is 25.7 Å². The maximum atomic E-state index is 9.14. The van der Waals surface area contributed by atoms with Crippen LogP contribution in [0.3, 0.4) is 0 Å². The third kappa shape index (κ3) is 5.07. The van der Waals surface area contributed by atoms with Gasteiger partial charge in [-0.2, -0.15) is 0 Å². The van der Waals surface area contributed by atoms with E-state index in [0.717, 1.165) is 5.56 Å². The van der Waals surface area contributed by atoms with Gasteiger partial charge in [-0.1, -0.05) is 42.5 Å². The molecule has 0 fully saturated rings. The average Bonchev–Trinajstić information content (AvgIpc) is 2.29. The van der Waals surface area contributed by atoms with E-state index < -0.39 is 6.10 Å². The zero-order chi connectivity index (χ0) is 11.8. The molecule has 0 spiro atoms. The summed E-state index contributed by atoms with van der Waals surface area (Å²) in [6, 6.07) is 9.66. The van der Waals surface area contributed by atoms with Crippen LogP contribution in [0.15, 0.2) is 42.5 Å².